The van der Waals surface area contributed by atoms with Crippen molar-refractivity contribution in [1.82, 2.24) is 19.4 Å². The maximum Gasteiger partial charge on any atom is 0.407 e. The van der Waals surface area contributed by atoms with E-state index in [0.717, 1.165) is 5.56 Å². The molecule has 2 aromatic carbocycles. The second-order valence-electron chi connectivity index (χ2n) is 9.72. The molecule has 1 N–H and O–H groups in total. The Labute approximate surface area is 223 Å². The van der Waals surface area contributed by atoms with E-state index < -0.39 is 17.6 Å². The Hall–Kier alpha value is -3.98. The number of rotatable bonds is 4. The van der Waals surface area contributed by atoms with Crippen LogP contribution in [-0.4, -0.2) is 56.3 Å². The van der Waals surface area contributed by atoms with Gasteiger partial charge in [0.1, 0.15) is 17.5 Å². The van der Waals surface area contributed by atoms with E-state index in [1.54, 1.807) is 36.5 Å². The van der Waals surface area contributed by atoms with Gasteiger partial charge in [-0.3, -0.25) is 0 Å². The van der Waals surface area contributed by atoms with E-state index in [1.807, 2.05) is 37.8 Å². The minimum absolute atomic E-state index is 0.0720. The molecule has 1 unspecified atom stereocenters. The number of halogens is 2. The Morgan fingerprint density at radius 2 is 1.87 bits per heavy atom. The van der Waals surface area contributed by atoms with Crippen molar-refractivity contribution in [3.05, 3.63) is 81.6 Å². The summed E-state index contributed by atoms with van der Waals surface area (Å²) in [5.74, 6) is 0.490. The number of anilines is 1. The second kappa shape index (κ2) is 10.1. The fourth-order valence-electron chi connectivity index (χ4n) is 5.03. The van der Waals surface area contributed by atoms with Crippen LogP contribution < -0.4 is 10.6 Å². The predicted octanol–water partition coefficient (Wildman–Crippen LogP) is 5.55. The molecule has 38 heavy (non-hydrogen) atoms. The highest BCUT2D eigenvalue weighted by molar-refractivity contribution is 6.34. The number of pyridine rings is 1. The quantitative estimate of drug-likeness (QED) is 0.368. The number of hydrogen-bond donors (Lipinski definition) is 1. The number of aromatic nitrogens is 3. The molecule has 8 nitrogen and oxygen atoms in total. The average Bonchev–Trinajstić information content (AvgIpc) is 2.88. The Bertz CT molecular complexity index is 1610. The number of hydrogen-bond acceptors (Lipinski definition) is 5. The van der Waals surface area contributed by atoms with Gasteiger partial charge in [-0.15, -0.1) is 0 Å². The smallest absolute Gasteiger partial charge is 0.407 e. The fraction of sp³-hybridized carbons (Fsp3) is 0.286. The lowest BCUT2D eigenvalue weighted by Crippen LogP contribution is -2.54. The van der Waals surface area contributed by atoms with Crippen molar-refractivity contribution in [3.63, 3.8) is 0 Å². The van der Waals surface area contributed by atoms with Gasteiger partial charge in [0.2, 0.25) is 0 Å². The number of piperazine rings is 1. The maximum absolute atomic E-state index is 14.8. The van der Waals surface area contributed by atoms with Crippen molar-refractivity contribution in [3.8, 4) is 16.9 Å². The fourth-order valence-corrected chi connectivity index (χ4v) is 5.30. The summed E-state index contributed by atoms with van der Waals surface area (Å²) >= 11 is 6.74. The molecule has 0 spiro atoms. The number of nitrogens with zero attached hydrogens (tertiary/aromatic N) is 5. The average molecular weight is 536 g/mol. The normalized spacial score (nSPS) is 15.9. The van der Waals surface area contributed by atoms with Crippen molar-refractivity contribution in [1.29, 1.82) is 0 Å². The van der Waals surface area contributed by atoms with Crippen LogP contribution in [0.2, 0.25) is 5.02 Å². The molecular weight excluding hydrogens is 509 g/mol. The van der Waals surface area contributed by atoms with Crippen molar-refractivity contribution in [2.75, 3.05) is 24.5 Å². The number of benzene rings is 2. The highest BCUT2D eigenvalue weighted by Crippen LogP contribution is 2.37. The van der Waals surface area contributed by atoms with Crippen molar-refractivity contribution in [2.24, 2.45) is 0 Å². The minimum atomic E-state index is -0.987. The van der Waals surface area contributed by atoms with E-state index in [0.29, 0.717) is 45.2 Å². The third-order valence-electron chi connectivity index (χ3n) is 6.94. The minimum Gasteiger partial charge on any atom is -0.465 e. The summed E-state index contributed by atoms with van der Waals surface area (Å²) in [6.07, 6.45) is 0.632. The van der Waals surface area contributed by atoms with E-state index in [4.69, 9.17) is 11.6 Å². The van der Waals surface area contributed by atoms with Crippen LogP contribution in [-0.2, 0) is 0 Å². The third kappa shape index (κ3) is 4.47. The number of fused-ring (bicyclic) bond motifs is 1. The monoisotopic (exact) mass is 535 g/mol. The summed E-state index contributed by atoms with van der Waals surface area (Å²) < 4.78 is 16.3. The van der Waals surface area contributed by atoms with E-state index in [-0.39, 0.29) is 25.0 Å². The van der Waals surface area contributed by atoms with Crippen LogP contribution in [0.25, 0.3) is 27.8 Å². The van der Waals surface area contributed by atoms with Gasteiger partial charge in [-0.1, -0.05) is 49.7 Å². The van der Waals surface area contributed by atoms with Gasteiger partial charge in [0, 0.05) is 53.4 Å². The van der Waals surface area contributed by atoms with E-state index >= 15 is 0 Å². The standard InChI is InChI=1S/C28H27ClFN5O3/c1-16(2)18-8-6-10-31-25(18)35-24-14-20(19-7-4-5-9-23(19)30)22(29)13-21(24)26(32-27(35)36)34-12-11-33(28(37)38)15-17(34)3/h4-10,13-14,16-17H,11-12,15H2,1-3H3,(H,37,38). The Morgan fingerprint density at radius 1 is 1.11 bits per heavy atom. The lowest BCUT2D eigenvalue weighted by Gasteiger charge is -2.39. The zero-order valence-corrected chi connectivity index (χ0v) is 22.0. The summed E-state index contributed by atoms with van der Waals surface area (Å²) in [5, 5.41) is 10.3. The van der Waals surface area contributed by atoms with Gasteiger partial charge in [0.15, 0.2) is 0 Å². The largest absolute Gasteiger partial charge is 0.465 e. The number of carboxylic acid groups (broad SMARTS) is 1. The molecule has 10 heteroatoms. The molecule has 4 aromatic rings. The molecule has 0 saturated carbocycles. The highest BCUT2D eigenvalue weighted by atomic mass is 35.5. The summed E-state index contributed by atoms with van der Waals surface area (Å²) in [4.78, 5) is 37.5. The molecule has 1 fully saturated rings. The topological polar surface area (TPSA) is 91.6 Å². The molecule has 1 saturated heterocycles. The number of amides is 1. The SMILES string of the molecule is CC(C)c1cccnc1-n1c(=O)nc(N2CCN(C(=O)O)CC2C)c2cc(Cl)c(-c3ccccc3F)cc21. The van der Waals surface area contributed by atoms with Crippen LogP contribution in [0.4, 0.5) is 15.0 Å². The summed E-state index contributed by atoms with van der Waals surface area (Å²) in [5.41, 5.74) is 1.55. The zero-order valence-electron chi connectivity index (χ0n) is 21.2. The summed E-state index contributed by atoms with van der Waals surface area (Å²) in [6, 6.07) is 13.2. The maximum atomic E-state index is 14.8. The third-order valence-corrected chi connectivity index (χ3v) is 7.26. The predicted molar refractivity (Wildman–Crippen MR) is 146 cm³/mol. The number of carbonyl (C=O) groups is 1. The Balaban J connectivity index is 1.81. The van der Waals surface area contributed by atoms with Gasteiger partial charge in [-0.25, -0.2) is 23.5 Å². The molecule has 0 aliphatic carbocycles. The first-order chi connectivity index (χ1) is 18.2. The zero-order chi connectivity index (χ0) is 27.1. The van der Waals surface area contributed by atoms with Crippen LogP contribution in [0.5, 0.6) is 0 Å². The van der Waals surface area contributed by atoms with Crippen molar-refractivity contribution < 1.29 is 14.3 Å². The first kappa shape index (κ1) is 25.7. The van der Waals surface area contributed by atoms with Gasteiger partial charge in [-0.05, 0) is 42.7 Å². The van der Waals surface area contributed by atoms with E-state index in [1.165, 1.54) is 15.5 Å². The molecule has 196 valence electrons. The lowest BCUT2D eigenvalue weighted by molar-refractivity contribution is 0.136. The van der Waals surface area contributed by atoms with Crippen LogP contribution in [0.3, 0.4) is 0 Å². The Morgan fingerprint density at radius 3 is 2.55 bits per heavy atom. The molecule has 0 radical (unpaired) electrons. The second-order valence-corrected chi connectivity index (χ2v) is 10.1. The molecule has 2 aromatic heterocycles. The molecule has 1 atom stereocenters. The summed E-state index contributed by atoms with van der Waals surface area (Å²) in [6.45, 7) is 6.80. The van der Waals surface area contributed by atoms with Crippen LogP contribution in [0.1, 0.15) is 32.3 Å². The van der Waals surface area contributed by atoms with Gasteiger partial charge < -0.3 is 14.9 Å². The Kier molecular flexibility index (Phi) is 6.79. The molecule has 1 aliphatic rings. The first-order valence-electron chi connectivity index (χ1n) is 12.4. The van der Waals surface area contributed by atoms with Crippen LogP contribution >= 0.6 is 11.6 Å². The van der Waals surface area contributed by atoms with Gasteiger partial charge in [0.25, 0.3) is 0 Å². The lowest BCUT2D eigenvalue weighted by atomic mass is 10.0. The van der Waals surface area contributed by atoms with Crippen LogP contribution in [0.15, 0.2) is 59.5 Å². The van der Waals surface area contributed by atoms with Crippen molar-refractivity contribution in [2.45, 2.75) is 32.7 Å². The van der Waals surface area contributed by atoms with E-state index in [2.05, 4.69) is 9.97 Å². The molecule has 1 aliphatic heterocycles. The van der Waals surface area contributed by atoms with Gasteiger partial charge >= 0.3 is 11.8 Å². The highest BCUT2D eigenvalue weighted by Gasteiger charge is 2.30. The van der Waals surface area contributed by atoms with Crippen molar-refractivity contribution >= 4 is 34.4 Å². The van der Waals surface area contributed by atoms with Crippen LogP contribution in [0, 0.1) is 5.82 Å². The first-order valence-corrected chi connectivity index (χ1v) is 12.8. The molecule has 0 bridgehead atoms. The molecule has 1 amide bonds. The summed E-state index contributed by atoms with van der Waals surface area (Å²) in [7, 11) is 0. The molecule has 3 heterocycles. The molecular formula is C28H27ClFN5O3. The van der Waals surface area contributed by atoms with Gasteiger partial charge in [0.05, 0.1) is 5.52 Å². The molecule has 5 rings (SSSR count). The van der Waals surface area contributed by atoms with Gasteiger partial charge in [-0.2, -0.15) is 4.98 Å². The van der Waals surface area contributed by atoms with E-state index in [9.17, 15) is 19.1 Å².